The molecule has 1 aliphatic heterocycles. The van der Waals surface area contributed by atoms with Gasteiger partial charge in [-0.15, -0.1) is 0 Å². The lowest BCUT2D eigenvalue weighted by Gasteiger charge is -2.21. The Kier molecular flexibility index (Phi) is 6.88. The van der Waals surface area contributed by atoms with E-state index in [1.807, 2.05) is 14.0 Å². The Balaban J connectivity index is 2.27. The van der Waals surface area contributed by atoms with Crippen LogP contribution in [0.2, 0.25) is 5.02 Å². The summed E-state index contributed by atoms with van der Waals surface area (Å²) in [6.07, 6.45) is 0.581. The largest absolute Gasteiger partial charge is 0.487 e. The topological polar surface area (TPSA) is 67.9 Å². The molecule has 0 spiro atoms. The number of nitrogens with zero attached hydrogens (tertiary/aromatic N) is 1. The molecular weight excluding hydrogens is 352 g/mol. The first-order valence-corrected chi connectivity index (χ1v) is 9.80. The first-order valence-electron chi connectivity index (χ1n) is 7.98. The molecule has 0 bridgehead atoms. The summed E-state index contributed by atoms with van der Waals surface area (Å²) in [6, 6.07) is 4.68. The highest BCUT2D eigenvalue weighted by atomic mass is 35.5. The van der Waals surface area contributed by atoms with Crippen LogP contribution >= 0.6 is 11.6 Å². The maximum Gasteiger partial charge on any atom is 0.246 e. The Labute approximate surface area is 149 Å². The SMILES string of the molecule is CNCC1CCN(S(=O)(=O)c2cc(Cl)ccc2OC(C)COC)C1. The molecule has 8 heteroatoms. The van der Waals surface area contributed by atoms with Crippen LogP contribution in [-0.4, -0.2) is 59.2 Å². The number of ether oxygens (including phenoxy) is 2. The average molecular weight is 377 g/mol. The van der Waals surface area contributed by atoms with E-state index >= 15 is 0 Å². The minimum Gasteiger partial charge on any atom is -0.487 e. The van der Waals surface area contributed by atoms with Gasteiger partial charge in [-0.05, 0) is 51.1 Å². The van der Waals surface area contributed by atoms with Crippen LogP contribution in [0.1, 0.15) is 13.3 Å². The molecule has 0 aromatic heterocycles. The van der Waals surface area contributed by atoms with Gasteiger partial charge in [0.1, 0.15) is 16.7 Å². The lowest BCUT2D eigenvalue weighted by Crippen LogP contribution is -2.31. The standard InChI is InChI=1S/C16H25ClN2O4S/c1-12(11-22-3)23-15-5-4-14(17)8-16(15)24(20,21)19-7-6-13(10-19)9-18-2/h4-5,8,12-13,18H,6-7,9-11H2,1-3H3. The minimum atomic E-state index is -3.65. The molecule has 0 radical (unpaired) electrons. The number of nitrogens with one attached hydrogen (secondary N) is 1. The second-order valence-electron chi connectivity index (χ2n) is 6.05. The molecule has 1 N–H and O–H groups in total. The fourth-order valence-electron chi connectivity index (χ4n) is 2.88. The van der Waals surface area contributed by atoms with Crippen LogP contribution in [0, 0.1) is 5.92 Å². The van der Waals surface area contributed by atoms with E-state index in [0.717, 1.165) is 13.0 Å². The lowest BCUT2D eigenvalue weighted by molar-refractivity contribution is 0.0900. The van der Waals surface area contributed by atoms with E-state index in [1.54, 1.807) is 19.2 Å². The summed E-state index contributed by atoms with van der Waals surface area (Å²) < 4.78 is 38.4. The molecule has 1 aliphatic rings. The first-order chi connectivity index (χ1) is 11.4. The van der Waals surface area contributed by atoms with Crippen LogP contribution in [0.4, 0.5) is 0 Å². The fraction of sp³-hybridized carbons (Fsp3) is 0.625. The molecule has 24 heavy (non-hydrogen) atoms. The number of hydrogen-bond donors (Lipinski definition) is 1. The summed E-state index contributed by atoms with van der Waals surface area (Å²) in [5.74, 6) is 0.627. The van der Waals surface area contributed by atoms with Crippen molar-refractivity contribution >= 4 is 21.6 Å². The highest BCUT2D eigenvalue weighted by molar-refractivity contribution is 7.89. The molecule has 2 unspecified atom stereocenters. The number of methoxy groups -OCH3 is 1. The Morgan fingerprint density at radius 1 is 1.46 bits per heavy atom. The third-order valence-corrected chi connectivity index (χ3v) is 6.12. The molecule has 2 atom stereocenters. The summed E-state index contributed by atoms with van der Waals surface area (Å²) in [5, 5.41) is 3.47. The molecular formula is C16H25ClN2O4S. The van der Waals surface area contributed by atoms with Crippen molar-refractivity contribution < 1.29 is 17.9 Å². The summed E-state index contributed by atoms with van der Waals surface area (Å²) in [7, 11) is -0.201. The summed E-state index contributed by atoms with van der Waals surface area (Å²) in [6.45, 7) is 4.01. The number of hydrogen-bond acceptors (Lipinski definition) is 5. The quantitative estimate of drug-likeness (QED) is 0.751. The molecule has 0 saturated carbocycles. The molecule has 0 amide bonds. The van der Waals surface area contributed by atoms with Crippen molar-refractivity contribution in [3.05, 3.63) is 23.2 Å². The Bertz CT molecular complexity index is 653. The first kappa shape index (κ1) is 19.5. The van der Waals surface area contributed by atoms with Gasteiger partial charge in [-0.1, -0.05) is 11.6 Å². The summed E-state index contributed by atoms with van der Waals surface area (Å²) in [4.78, 5) is 0.114. The maximum atomic E-state index is 13.0. The van der Waals surface area contributed by atoms with Crippen LogP contribution in [-0.2, 0) is 14.8 Å². The van der Waals surface area contributed by atoms with Crippen LogP contribution in [0.25, 0.3) is 0 Å². The summed E-state index contributed by atoms with van der Waals surface area (Å²) in [5.41, 5.74) is 0. The molecule has 136 valence electrons. The van der Waals surface area contributed by atoms with Crippen LogP contribution < -0.4 is 10.1 Å². The molecule has 1 saturated heterocycles. The van der Waals surface area contributed by atoms with Crippen LogP contribution in [0.3, 0.4) is 0 Å². The van der Waals surface area contributed by atoms with E-state index in [4.69, 9.17) is 21.1 Å². The van der Waals surface area contributed by atoms with Crippen molar-refractivity contribution in [1.29, 1.82) is 0 Å². The van der Waals surface area contributed by atoms with Crippen molar-refractivity contribution in [2.45, 2.75) is 24.3 Å². The third kappa shape index (κ3) is 4.61. The molecule has 1 aromatic carbocycles. The van der Waals surface area contributed by atoms with Crippen LogP contribution in [0.5, 0.6) is 5.75 Å². The minimum absolute atomic E-state index is 0.114. The smallest absolute Gasteiger partial charge is 0.246 e. The zero-order valence-electron chi connectivity index (χ0n) is 14.3. The van der Waals surface area contributed by atoms with E-state index in [0.29, 0.717) is 36.4 Å². The molecule has 1 aromatic rings. The molecule has 1 heterocycles. The zero-order chi connectivity index (χ0) is 17.7. The average Bonchev–Trinajstić information content (AvgIpc) is 2.99. The number of benzene rings is 1. The van der Waals surface area contributed by atoms with Crippen molar-refractivity contribution in [1.82, 2.24) is 9.62 Å². The van der Waals surface area contributed by atoms with Gasteiger partial charge in [-0.2, -0.15) is 4.31 Å². The van der Waals surface area contributed by atoms with Crippen LogP contribution in [0.15, 0.2) is 23.1 Å². The van der Waals surface area contributed by atoms with Crippen molar-refractivity contribution in [3.8, 4) is 5.75 Å². The molecule has 2 rings (SSSR count). The van der Waals surface area contributed by atoms with E-state index in [2.05, 4.69) is 5.32 Å². The van der Waals surface area contributed by atoms with Gasteiger partial charge >= 0.3 is 0 Å². The van der Waals surface area contributed by atoms with E-state index in [9.17, 15) is 8.42 Å². The van der Waals surface area contributed by atoms with Gasteiger partial charge in [0.05, 0.1) is 6.61 Å². The second-order valence-corrected chi connectivity index (χ2v) is 8.39. The number of rotatable bonds is 8. The van der Waals surface area contributed by atoms with Crippen molar-refractivity contribution in [3.63, 3.8) is 0 Å². The maximum absolute atomic E-state index is 13.0. The molecule has 1 fully saturated rings. The normalized spacial score (nSPS) is 20.2. The van der Waals surface area contributed by atoms with E-state index in [-0.39, 0.29) is 11.0 Å². The van der Waals surface area contributed by atoms with Gasteiger partial charge in [-0.25, -0.2) is 8.42 Å². The van der Waals surface area contributed by atoms with Gasteiger partial charge in [-0.3, -0.25) is 0 Å². The van der Waals surface area contributed by atoms with Gasteiger partial charge in [0.25, 0.3) is 0 Å². The van der Waals surface area contributed by atoms with E-state index in [1.165, 1.54) is 10.4 Å². The zero-order valence-corrected chi connectivity index (χ0v) is 15.9. The monoisotopic (exact) mass is 376 g/mol. The third-order valence-electron chi connectivity index (χ3n) is 3.99. The summed E-state index contributed by atoms with van der Waals surface area (Å²) >= 11 is 6.03. The Hall–Kier alpha value is -0.860. The van der Waals surface area contributed by atoms with Crippen molar-refractivity contribution in [2.75, 3.05) is 40.4 Å². The Morgan fingerprint density at radius 3 is 2.88 bits per heavy atom. The van der Waals surface area contributed by atoms with E-state index < -0.39 is 10.0 Å². The predicted octanol–water partition coefficient (Wildman–Crippen LogP) is 1.98. The number of sulfonamides is 1. The highest BCUT2D eigenvalue weighted by Crippen LogP contribution is 2.33. The molecule has 6 nitrogen and oxygen atoms in total. The van der Waals surface area contributed by atoms with Gasteiger partial charge in [0.15, 0.2) is 0 Å². The predicted molar refractivity (Wildman–Crippen MR) is 94.2 cm³/mol. The number of halogens is 1. The fourth-order valence-corrected chi connectivity index (χ4v) is 4.79. The van der Waals surface area contributed by atoms with Gasteiger partial charge in [0, 0.05) is 25.2 Å². The van der Waals surface area contributed by atoms with Crippen molar-refractivity contribution in [2.24, 2.45) is 5.92 Å². The second kappa shape index (κ2) is 8.49. The van der Waals surface area contributed by atoms with Gasteiger partial charge < -0.3 is 14.8 Å². The molecule has 0 aliphatic carbocycles. The van der Waals surface area contributed by atoms with Gasteiger partial charge in [0.2, 0.25) is 10.0 Å². The Morgan fingerprint density at radius 2 is 2.21 bits per heavy atom. The lowest BCUT2D eigenvalue weighted by atomic mass is 10.1. The highest BCUT2D eigenvalue weighted by Gasteiger charge is 2.34.